The molecule has 0 aliphatic rings. The highest BCUT2D eigenvalue weighted by Crippen LogP contribution is 2.28. The summed E-state index contributed by atoms with van der Waals surface area (Å²) in [6.45, 7) is 3.78. The minimum Gasteiger partial charge on any atom is -0.460 e. The molecule has 0 unspecified atom stereocenters. The lowest BCUT2D eigenvalue weighted by Gasteiger charge is -2.03. The van der Waals surface area contributed by atoms with Gasteiger partial charge in [0.05, 0.1) is 6.54 Å². The Balaban J connectivity index is 2.02. The second-order valence-corrected chi connectivity index (χ2v) is 4.45. The van der Waals surface area contributed by atoms with Crippen LogP contribution in [0.3, 0.4) is 0 Å². The molecule has 1 N–H and O–H groups in total. The zero-order chi connectivity index (χ0) is 13.1. The van der Waals surface area contributed by atoms with E-state index in [1.54, 1.807) is 0 Å². The van der Waals surface area contributed by atoms with E-state index in [2.05, 4.69) is 29.4 Å². The number of nitrogens with one attached hydrogen (secondary N) is 1. The van der Waals surface area contributed by atoms with E-state index in [9.17, 15) is 0 Å². The summed E-state index contributed by atoms with van der Waals surface area (Å²) < 4.78 is 5.88. The van der Waals surface area contributed by atoms with Crippen LogP contribution in [0.1, 0.15) is 12.7 Å². The van der Waals surface area contributed by atoms with Gasteiger partial charge < -0.3 is 9.73 Å². The van der Waals surface area contributed by atoms with Crippen LogP contribution in [0.25, 0.3) is 22.1 Å². The van der Waals surface area contributed by atoms with Gasteiger partial charge in [0, 0.05) is 23.3 Å². The van der Waals surface area contributed by atoms with Crippen molar-refractivity contribution in [1.29, 1.82) is 0 Å². The van der Waals surface area contributed by atoms with Crippen LogP contribution in [0, 0.1) is 0 Å². The van der Waals surface area contributed by atoms with Crippen LogP contribution >= 0.6 is 0 Å². The van der Waals surface area contributed by atoms with Crippen LogP contribution in [0.15, 0.2) is 53.2 Å². The van der Waals surface area contributed by atoms with Gasteiger partial charge in [0.25, 0.3) is 0 Å². The Hall–Kier alpha value is -2.13. The van der Waals surface area contributed by atoms with Crippen molar-refractivity contribution < 1.29 is 4.42 Å². The van der Waals surface area contributed by atoms with E-state index in [1.165, 1.54) is 5.39 Å². The number of fused-ring (bicyclic) bond motifs is 1. The van der Waals surface area contributed by atoms with E-state index in [0.29, 0.717) is 0 Å². The molecule has 3 heteroatoms. The minimum atomic E-state index is 0.759. The van der Waals surface area contributed by atoms with Gasteiger partial charge in [-0.1, -0.05) is 31.2 Å². The number of benzene rings is 1. The Kier molecular flexibility index (Phi) is 3.29. The standard InChI is InChI=1S/C16H16N2O/c1-2-17-10-13-7-8-16(19-13)15-11-18-9-12-5-3-4-6-14(12)15/h3-9,11,17H,2,10H2,1H3. The Morgan fingerprint density at radius 3 is 2.89 bits per heavy atom. The molecule has 0 saturated carbocycles. The fourth-order valence-corrected chi connectivity index (χ4v) is 2.18. The molecular weight excluding hydrogens is 236 g/mol. The van der Waals surface area contributed by atoms with E-state index < -0.39 is 0 Å². The van der Waals surface area contributed by atoms with Gasteiger partial charge in [-0.3, -0.25) is 4.98 Å². The topological polar surface area (TPSA) is 38.1 Å². The zero-order valence-corrected chi connectivity index (χ0v) is 10.9. The third-order valence-electron chi connectivity index (χ3n) is 3.14. The molecule has 0 saturated heterocycles. The molecule has 96 valence electrons. The first-order valence-corrected chi connectivity index (χ1v) is 6.51. The van der Waals surface area contributed by atoms with Crippen LogP contribution in [-0.2, 0) is 6.54 Å². The molecule has 1 aromatic carbocycles. The fourth-order valence-electron chi connectivity index (χ4n) is 2.18. The lowest BCUT2D eigenvalue weighted by atomic mass is 10.1. The summed E-state index contributed by atoms with van der Waals surface area (Å²) in [4.78, 5) is 4.28. The molecule has 3 nitrogen and oxygen atoms in total. The third-order valence-corrected chi connectivity index (χ3v) is 3.14. The number of rotatable bonds is 4. The smallest absolute Gasteiger partial charge is 0.136 e. The van der Waals surface area contributed by atoms with Crippen molar-refractivity contribution in [3.05, 3.63) is 54.6 Å². The van der Waals surface area contributed by atoms with Gasteiger partial charge in [0.1, 0.15) is 11.5 Å². The summed E-state index contributed by atoms with van der Waals surface area (Å²) in [6.07, 6.45) is 3.74. The molecule has 0 bridgehead atoms. The number of pyridine rings is 1. The Morgan fingerprint density at radius 1 is 1.11 bits per heavy atom. The predicted octanol–water partition coefficient (Wildman–Crippen LogP) is 3.60. The third kappa shape index (κ3) is 2.37. The first-order valence-electron chi connectivity index (χ1n) is 6.51. The summed E-state index contributed by atoms with van der Waals surface area (Å²) in [6, 6.07) is 12.2. The molecule has 2 heterocycles. The van der Waals surface area contributed by atoms with Gasteiger partial charge in [-0.25, -0.2) is 0 Å². The first kappa shape index (κ1) is 11.9. The lowest BCUT2D eigenvalue weighted by molar-refractivity contribution is 0.499. The van der Waals surface area contributed by atoms with Crippen LogP contribution in [-0.4, -0.2) is 11.5 Å². The molecule has 3 rings (SSSR count). The summed E-state index contributed by atoms with van der Waals surface area (Å²) in [5.74, 6) is 1.82. The molecule has 0 spiro atoms. The van der Waals surface area contributed by atoms with Gasteiger partial charge in [-0.05, 0) is 24.1 Å². The second-order valence-electron chi connectivity index (χ2n) is 4.45. The van der Waals surface area contributed by atoms with Crippen LogP contribution in [0.2, 0.25) is 0 Å². The fraction of sp³-hybridized carbons (Fsp3) is 0.188. The van der Waals surface area contributed by atoms with Crippen LogP contribution in [0.4, 0.5) is 0 Å². The van der Waals surface area contributed by atoms with E-state index >= 15 is 0 Å². The molecule has 0 aliphatic heterocycles. The van der Waals surface area contributed by atoms with Gasteiger partial charge in [-0.2, -0.15) is 0 Å². The molecule has 0 radical (unpaired) electrons. The molecule has 3 aromatic rings. The number of hydrogen-bond donors (Lipinski definition) is 1. The maximum atomic E-state index is 5.88. The maximum Gasteiger partial charge on any atom is 0.136 e. The quantitative estimate of drug-likeness (QED) is 0.771. The van der Waals surface area contributed by atoms with Gasteiger partial charge >= 0.3 is 0 Å². The summed E-state index contributed by atoms with van der Waals surface area (Å²) in [7, 11) is 0. The second kappa shape index (κ2) is 5.24. The van der Waals surface area contributed by atoms with Crippen molar-refractivity contribution in [2.24, 2.45) is 0 Å². The van der Waals surface area contributed by atoms with Crippen molar-refractivity contribution in [2.45, 2.75) is 13.5 Å². The average Bonchev–Trinajstić information content (AvgIpc) is 2.93. The van der Waals surface area contributed by atoms with Crippen LogP contribution in [0.5, 0.6) is 0 Å². The van der Waals surface area contributed by atoms with Gasteiger partial charge in [0.15, 0.2) is 0 Å². The number of aromatic nitrogens is 1. The Bertz CT molecular complexity index is 683. The number of hydrogen-bond acceptors (Lipinski definition) is 3. The Labute approximate surface area is 112 Å². The zero-order valence-electron chi connectivity index (χ0n) is 10.9. The van der Waals surface area contributed by atoms with Crippen molar-refractivity contribution in [3.8, 4) is 11.3 Å². The molecule has 0 atom stereocenters. The Morgan fingerprint density at radius 2 is 2.00 bits per heavy atom. The SMILES string of the molecule is CCNCc1ccc(-c2cncc3ccccc23)o1. The predicted molar refractivity (Wildman–Crippen MR) is 76.8 cm³/mol. The van der Waals surface area contributed by atoms with Crippen LogP contribution < -0.4 is 5.32 Å². The number of nitrogens with zero attached hydrogens (tertiary/aromatic N) is 1. The highest BCUT2D eigenvalue weighted by molar-refractivity contribution is 5.94. The number of furan rings is 1. The monoisotopic (exact) mass is 252 g/mol. The molecular formula is C16H16N2O. The largest absolute Gasteiger partial charge is 0.460 e. The maximum absolute atomic E-state index is 5.88. The summed E-state index contributed by atoms with van der Waals surface area (Å²) in [5.41, 5.74) is 1.04. The van der Waals surface area contributed by atoms with Crippen molar-refractivity contribution in [3.63, 3.8) is 0 Å². The van der Waals surface area contributed by atoms with E-state index in [4.69, 9.17) is 4.42 Å². The lowest BCUT2D eigenvalue weighted by Crippen LogP contribution is -2.10. The normalized spacial score (nSPS) is 11.0. The van der Waals surface area contributed by atoms with Gasteiger partial charge in [-0.15, -0.1) is 0 Å². The molecule has 0 amide bonds. The molecule has 0 fully saturated rings. The van der Waals surface area contributed by atoms with Crippen molar-refractivity contribution in [2.75, 3.05) is 6.54 Å². The van der Waals surface area contributed by atoms with Gasteiger partial charge in [0.2, 0.25) is 0 Å². The molecule has 19 heavy (non-hydrogen) atoms. The minimum absolute atomic E-state index is 0.759. The average molecular weight is 252 g/mol. The van der Waals surface area contributed by atoms with Crippen molar-refractivity contribution in [1.82, 2.24) is 10.3 Å². The molecule has 0 aliphatic carbocycles. The van der Waals surface area contributed by atoms with E-state index in [-0.39, 0.29) is 0 Å². The van der Waals surface area contributed by atoms with Crippen molar-refractivity contribution >= 4 is 10.8 Å². The highest BCUT2D eigenvalue weighted by Gasteiger charge is 2.08. The summed E-state index contributed by atoms with van der Waals surface area (Å²) >= 11 is 0. The highest BCUT2D eigenvalue weighted by atomic mass is 16.3. The molecule has 2 aromatic heterocycles. The first-order chi connectivity index (χ1) is 9.38. The van der Waals surface area contributed by atoms with E-state index in [1.807, 2.05) is 36.7 Å². The van der Waals surface area contributed by atoms with E-state index in [0.717, 1.165) is 35.6 Å². The summed E-state index contributed by atoms with van der Waals surface area (Å²) in [5, 5.41) is 5.55.